The molecule has 1 heteroatoms. The highest BCUT2D eigenvalue weighted by Gasteiger charge is 2.41. The predicted molar refractivity (Wildman–Crippen MR) is 62.0 cm³/mol. The first-order valence-electron chi connectivity index (χ1n) is 5.27. The lowest BCUT2D eigenvalue weighted by molar-refractivity contribution is 0.577. The fourth-order valence-corrected chi connectivity index (χ4v) is 2.50. The minimum atomic E-state index is 0.446. The van der Waals surface area contributed by atoms with E-state index in [-0.39, 0.29) is 0 Å². The van der Waals surface area contributed by atoms with Gasteiger partial charge in [0.2, 0.25) is 0 Å². The fourth-order valence-electron chi connectivity index (χ4n) is 2.14. The minimum Gasteiger partial charge on any atom is -0.126 e. The SMILES string of the molecule is Cc1cc(C)cc(CC2(CCl)CC2)c1. The standard InChI is InChI=1S/C13H17Cl/c1-10-5-11(2)7-12(6-10)8-13(9-14)3-4-13/h5-7H,3-4,8-9H2,1-2H3. The number of aryl methyl sites for hydroxylation is 2. The maximum atomic E-state index is 5.99. The Morgan fingerprint density at radius 2 is 1.71 bits per heavy atom. The quantitative estimate of drug-likeness (QED) is 0.662. The van der Waals surface area contributed by atoms with E-state index in [1.165, 1.54) is 36.0 Å². The van der Waals surface area contributed by atoms with Crippen molar-refractivity contribution in [2.75, 3.05) is 5.88 Å². The van der Waals surface area contributed by atoms with Crippen LogP contribution in [0.25, 0.3) is 0 Å². The lowest BCUT2D eigenvalue weighted by atomic mass is 9.96. The van der Waals surface area contributed by atoms with Crippen LogP contribution in [0, 0.1) is 19.3 Å². The fraction of sp³-hybridized carbons (Fsp3) is 0.538. The molecule has 0 N–H and O–H groups in total. The van der Waals surface area contributed by atoms with Gasteiger partial charge < -0.3 is 0 Å². The Kier molecular flexibility index (Phi) is 2.57. The molecule has 0 spiro atoms. The molecule has 0 unspecified atom stereocenters. The highest BCUT2D eigenvalue weighted by atomic mass is 35.5. The molecule has 0 aromatic heterocycles. The van der Waals surface area contributed by atoms with Crippen molar-refractivity contribution < 1.29 is 0 Å². The maximum absolute atomic E-state index is 5.99. The summed E-state index contributed by atoms with van der Waals surface area (Å²) in [6.45, 7) is 4.33. The summed E-state index contributed by atoms with van der Waals surface area (Å²) in [5, 5.41) is 0. The molecule has 1 fully saturated rings. The largest absolute Gasteiger partial charge is 0.126 e. The van der Waals surface area contributed by atoms with Gasteiger partial charge in [0.1, 0.15) is 0 Å². The van der Waals surface area contributed by atoms with Crippen molar-refractivity contribution in [2.24, 2.45) is 5.41 Å². The van der Waals surface area contributed by atoms with E-state index in [2.05, 4.69) is 32.0 Å². The highest BCUT2D eigenvalue weighted by Crippen LogP contribution is 2.49. The lowest BCUT2D eigenvalue weighted by Gasteiger charge is -2.12. The summed E-state index contributed by atoms with van der Waals surface area (Å²) in [5.74, 6) is 0.819. The topological polar surface area (TPSA) is 0 Å². The first-order valence-corrected chi connectivity index (χ1v) is 5.80. The van der Waals surface area contributed by atoms with Crippen LogP contribution in [-0.4, -0.2) is 5.88 Å². The summed E-state index contributed by atoms with van der Waals surface area (Å²) in [4.78, 5) is 0. The molecule has 0 nitrogen and oxygen atoms in total. The van der Waals surface area contributed by atoms with Crippen molar-refractivity contribution in [3.05, 3.63) is 34.9 Å². The molecular formula is C13H17Cl. The van der Waals surface area contributed by atoms with Gasteiger partial charge in [-0.3, -0.25) is 0 Å². The Balaban J connectivity index is 2.16. The molecule has 2 rings (SSSR count). The van der Waals surface area contributed by atoms with E-state index in [0.29, 0.717) is 5.41 Å². The van der Waals surface area contributed by atoms with Gasteiger partial charge in [-0.2, -0.15) is 0 Å². The number of alkyl halides is 1. The Labute approximate surface area is 91.3 Å². The van der Waals surface area contributed by atoms with Crippen molar-refractivity contribution in [1.82, 2.24) is 0 Å². The summed E-state index contributed by atoms with van der Waals surface area (Å²) in [5.41, 5.74) is 4.64. The average Bonchev–Trinajstić information content (AvgIpc) is 2.83. The van der Waals surface area contributed by atoms with Crippen molar-refractivity contribution >= 4 is 11.6 Å². The molecule has 0 radical (unpaired) electrons. The summed E-state index contributed by atoms with van der Waals surface area (Å²) >= 11 is 5.99. The van der Waals surface area contributed by atoms with Crippen LogP contribution < -0.4 is 0 Å². The second-order valence-corrected chi connectivity index (χ2v) is 5.07. The molecule has 0 heterocycles. The Morgan fingerprint density at radius 1 is 1.14 bits per heavy atom. The average molecular weight is 209 g/mol. The van der Waals surface area contributed by atoms with Crippen LogP contribution in [-0.2, 0) is 6.42 Å². The molecule has 0 aliphatic heterocycles. The molecule has 0 bridgehead atoms. The van der Waals surface area contributed by atoms with E-state index in [1.54, 1.807) is 0 Å². The van der Waals surface area contributed by atoms with E-state index in [0.717, 1.165) is 5.88 Å². The van der Waals surface area contributed by atoms with E-state index < -0.39 is 0 Å². The van der Waals surface area contributed by atoms with Gasteiger partial charge in [0.25, 0.3) is 0 Å². The molecule has 0 atom stereocenters. The molecule has 1 saturated carbocycles. The van der Waals surface area contributed by atoms with Crippen LogP contribution in [0.4, 0.5) is 0 Å². The molecule has 1 aromatic carbocycles. The van der Waals surface area contributed by atoms with E-state index in [9.17, 15) is 0 Å². The van der Waals surface area contributed by atoms with Crippen LogP contribution in [0.2, 0.25) is 0 Å². The third kappa shape index (κ3) is 2.12. The van der Waals surface area contributed by atoms with Crippen molar-refractivity contribution in [3.8, 4) is 0 Å². The maximum Gasteiger partial charge on any atom is 0.0283 e. The molecule has 1 aliphatic carbocycles. The number of benzene rings is 1. The predicted octanol–water partition coefficient (Wildman–Crippen LogP) is 3.86. The minimum absolute atomic E-state index is 0.446. The first-order chi connectivity index (χ1) is 6.63. The Bertz CT molecular complexity index is 317. The summed E-state index contributed by atoms with van der Waals surface area (Å²) < 4.78 is 0. The number of hydrogen-bond acceptors (Lipinski definition) is 0. The van der Waals surface area contributed by atoms with Crippen molar-refractivity contribution in [3.63, 3.8) is 0 Å². The van der Waals surface area contributed by atoms with Crippen molar-refractivity contribution in [1.29, 1.82) is 0 Å². The zero-order valence-electron chi connectivity index (χ0n) is 8.94. The third-order valence-electron chi connectivity index (χ3n) is 3.10. The third-order valence-corrected chi connectivity index (χ3v) is 3.67. The number of halogens is 1. The van der Waals surface area contributed by atoms with E-state index in [4.69, 9.17) is 11.6 Å². The van der Waals surface area contributed by atoms with Crippen LogP contribution >= 0.6 is 11.6 Å². The van der Waals surface area contributed by atoms with Gasteiger partial charge in [0.15, 0.2) is 0 Å². The normalized spacial score (nSPS) is 18.2. The van der Waals surface area contributed by atoms with Gasteiger partial charge in [-0.05, 0) is 44.1 Å². The molecule has 1 aromatic rings. The zero-order chi connectivity index (χ0) is 10.2. The van der Waals surface area contributed by atoms with E-state index >= 15 is 0 Å². The number of rotatable bonds is 3. The smallest absolute Gasteiger partial charge is 0.0283 e. The first kappa shape index (κ1) is 10.0. The van der Waals surface area contributed by atoms with Crippen molar-refractivity contribution in [2.45, 2.75) is 33.1 Å². The van der Waals surface area contributed by atoms with E-state index in [1.807, 2.05) is 0 Å². The summed E-state index contributed by atoms with van der Waals surface area (Å²) in [6.07, 6.45) is 3.78. The van der Waals surface area contributed by atoms with Gasteiger partial charge in [-0.25, -0.2) is 0 Å². The molecule has 1 aliphatic rings. The van der Waals surface area contributed by atoms with Crippen LogP contribution in [0.5, 0.6) is 0 Å². The Hall–Kier alpha value is -0.490. The molecule has 76 valence electrons. The Morgan fingerprint density at radius 3 is 2.14 bits per heavy atom. The van der Waals surface area contributed by atoms with Gasteiger partial charge in [0, 0.05) is 5.88 Å². The zero-order valence-corrected chi connectivity index (χ0v) is 9.69. The van der Waals surface area contributed by atoms with Crippen LogP contribution in [0.3, 0.4) is 0 Å². The molecule has 0 amide bonds. The van der Waals surface area contributed by atoms with Gasteiger partial charge in [-0.1, -0.05) is 29.3 Å². The summed E-state index contributed by atoms with van der Waals surface area (Å²) in [6, 6.07) is 6.81. The number of hydrogen-bond donors (Lipinski definition) is 0. The molecule has 0 saturated heterocycles. The van der Waals surface area contributed by atoms with Crippen LogP contribution in [0.1, 0.15) is 29.5 Å². The van der Waals surface area contributed by atoms with Gasteiger partial charge >= 0.3 is 0 Å². The van der Waals surface area contributed by atoms with Crippen LogP contribution in [0.15, 0.2) is 18.2 Å². The summed E-state index contributed by atoms with van der Waals surface area (Å²) in [7, 11) is 0. The second kappa shape index (κ2) is 3.58. The second-order valence-electron chi connectivity index (χ2n) is 4.81. The van der Waals surface area contributed by atoms with Gasteiger partial charge in [0.05, 0.1) is 0 Å². The van der Waals surface area contributed by atoms with Gasteiger partial charge in [-0.15, -0.1) is 11.6 Å². The lowest BCUT2D eigenvalue weighted by Crippen LogP contribution is -2.06. The monoisotopic (exact) mass is 208 g/mol. The highest BCUT2D eigenvalue weighted by molar-refractivity contribution is 6.18. The molecule has 14 heavy (non-hydrogen) atoms. The molecular weight excluding hydrogens is 192 g/mol.